The van der Waals surface area contributed by atoms with E-state index in [4.69, 9.17) is 0 Å². The standard InChI is InChI=1S/C16H19N3O3S/c1-9(20)13-3-4-14(23-13)16(22)18-15(10-5-12(21)6-10)11-7-17-19(2)8-11/h3-4,7-8,10,12,15,21H,5-6H2,1-2H3,(H,18,22)/t10?,12?,15-/m0/s1. The Labute approximate surface area is 138 Å². The van der Waals surface area contributed by atoms with E-state index in [1.165, 1.54) is 18.3 Å². The fraction of sp³-hybridized carbons (Fsp3) is 0.438. The van der Waals surface area contributed by atoms with Gasteiger partial charge in [-0.15, -0.1) is 11.3 Å². The molecule has 0 spiro atoms. The number of nitrogens with one attached hydrogen (secondary N) is 1. The number of aryl methyl sites for hydroxylation is 1. The number of rotatable bonds is 5. The molecular formula is C16H19N3O3S. The lowest BCUT2D eigenvalue weighted by Crippen LogP contribution is -2.41. The van der Waals surface area contributed by atoms with Crippen LogP contribution >= 0.6 is 11.3 Å². The van der Waals surface area contributed by atoms with Crippen LogP contribution in [0.5, 0.6) is 0 Å². The molecule has 2 heterocycles. The van der Waals surface area contributed by atoms with Crippen molar-refractivity contribution in [3.63, 3.8) is 0 Å². The molecule has 122 valence electrons. The molecule has 3 rings (SSSR count). The third-order valence-corrected chi connectivity index (χ3v) is 5.35. The molecular weight excluding hydrogens is 314 g/mol. The van der Waals surface area contributed by atoms with E-state index < -0.39 is 0 Å². The highest BCUT2D eigenvalue weighted by atomic mass is 32.1. The molecule has 0 aromatic carbocycles. The summed E-state index contributed by atoms with van der Waals surface area (Å²) in [6.45, 7) is 1.49. The number of aliphatic hydroxyl groups excluding tert-OH is 1. The summed E-state index contributed by atoms with van der Waals surface area (Å²) in [6.07, 6.45) is 4.67. The number of hydrogen-bond acceptors (Lipinski definition) is 5. The number of aliphatic hydroxyl groups is 1. The number of thiophene rings is 1. The lowest BCUT2D eigenvalue weighted by molar-refractivity contribution is 0.0235. The van der Waals surface area contributed by atoms with E-state index in [-0.39, 0.29) is 29.8 Å². The van der Waals surface area contributed by atoms with E-state index in [0.29, 0.717) is 22.6 Å². The SMILES string of the molecule is CC(=O)c1ccc(C(=O)N[C@H](c2cnn(C)c2)C2CC(O)C2)s1. The van der Waals surface area contributed by atoms with Gasteiger partial charge in [0.15, 0.2) is 5.78 Å². The molecule has 0 aliphatic heterocycles. The third kappa shape index (κ3) is 3.35. The first-order valence-electron chi connectivity index (χ1n) is 7.52. The number of carbonyl (C=O) groups excluding carboxylic acids is 2. The molecule has 0 saturated heterocycles. The molecule has 1 fully saturated rings. The summed E-state index contributed by atoms with van der Waals surface area (Å²) in [5.74, 6) is -0.0388. The van der Waals surface area contributed by atoms with Gasteiger partial charge in [-0.05, 0) is 37.8 Å². The van der Waals surface area contributed by atoms with Crippen molar-refractivity contribution in [2.24, 2.45) is 13.0 Å². The van der Waals surface area contributed by atoms with Crippen LogP contribution in [0.25, 0.3) is 0 Å². The van der Waals surface area contributed by atoms with E-state index in [9.17, 15) is 14.7 Å². The van der Waals surface area contributed by atoms with Gasteiger partial charge in [0.1, 0.15) is 0 Å². The van der Waals surface area contributed by atoms with Crippen molar-refractivity contribution in [1.29, 1.82) is 0 Å². The Morgan fingerprint density at radius 1 is 1.39 bits per heavy atom. The number of Topliss-reactive ketones (excluding diaryl/α,β-unsaturated/α-hetero) is 1. The predicted molar refractivity (Wildman–Crippen MR) is 86.5 cm³/mol. The largest absolute Gasteiger partial charge is 0.393 e. The van der Waals surface area contributed by atoms with Crippen LogP contribution in [-0.2, 0) is 7.05 Å². The minimum Gasteiger partial charge on any atom is -0.393 e. The zero-order valence-electron chi connectivity index (χ0n) is 13.0. The van der Waals surface area contributed by atoms with E-state index in [1.807, 2.05) is 13.2 Å². The van der Waals surface area contributed by atoms with Gasteiger partial charge in [0.25, 0.3) is 5.91 Å². The van der Waals surface area contributed by atoms with Gasteiger partial charge in [-0.2, -0.15) is 5.10 Å². The number of nitrogens with zero attached hydrogens (tertiary/aromatic N) is 2. The van der Waals surface area contributed by atoms with Gasteiger partial charge in [-0.3, -0.25) is 14.3 Å². The average molecular weight is 333 g/mol. The molecule has 2 N–H and O–H groups in total. The van der Waals surface area contributed by atoms with Gasteiger partial charge in [0, 0.05) is 18.8 Å². The van der Waals surface area contributed by atoms with Crippen LogP contribution in [0.15, 0.2) is 24.5 Å². The molecule has 0 unspecified atom stereocenters. The van der Waals surface area contributed by atoms with Gasteiger partial charge in [-0.25, -0.2) is 0 Å². The van der Waals surface area contributed by atoms with Gasteiger partial charge in [0.2, 0.25) is 0 Å². The molecule has 1 amide bonds. The number of ketones is 1. The van der Waals surface area contributed by atoms with E-state index in [1.54, 1.807) is 23.0 Å². The van der Waals surface area contributed by atoms with Gasteiger partial charge < -0.3 is 10.4 Å². The van der Waals surface area contributed by atoms with Crippen LogP contribution in [0.1, 0.15) is 50.7 Å². The van der Waals surface area contributed by atoms with Crippen molar-refractivity contribution in [2.75, 3.05) is 0 Å². The maximum absolute atomic E-state index is 12.5. The fourth-order valence-electron chi connectivity index (χ4n) is 2.84. The third-order valence-electron chi connectivity index (χ3n) is 4.17. The van der Waals surface area contributed by atoms with Crippen molar-refractivity contribution >= 4 is 23.0 Å². The van der Waals surface area contributed by atoms with E-state index in [2.05, 4.69) is 10.4 Å². The van der Waals surface area contributed by atoms with Crippen molar-refractivity contribution in [3.8, 4) is 0 Å². The lowest BCUT2D eigenvalue weighted by atomic mass is 9.75. The van der Waals surface area contributed by atoms with Gasteiger partial charge in [-0.1, -0.05) is 0 Å². The Bertz CT molecular complexity index is 731. The molecule has 0 radical (unpaired) electrons. The predicted octanol–water partition coefficient (Wildman–Crippen LogP) is 1.93. The average Bonchev–Trinajstić information content (AvgIpc) is 3.10. The first-order valence-corrected chi connectivity index (χ1v) is 8.34. The van der Waals surface area contributed by atoms with Crippen molar-refractivity contribution in [3.05, 3.63) is 39.8 Å². The minimum atomic E-state index is -0.290. The number of amides is 1. The summed E-state index contributed by atoms with van der Waals surface area (Å²) in [5.41, 5.74) is 0.932. The summed E-state index contributed by atoms with van der Waals surface area (Å²) in [4.78, 5) is 25.0. The highest BCUT2D eigenvalue weighted by Gasteiger charge is 2.36. The van der Waals surface area contributed by atoms with Crippen molar-refractivity contribution in [1.82, 2.24) is 15.1 Å². The highest BCUT2D eigenvalue weighted by molar-refractivity contribution is 7.15. The van der Waals surface area contributed by atoms with Gasteiger partial charge >= 0.3 is 0 Å². The van der Waals surface area contributed by atoms with Crippen LogP contribution in [0, 0.1) is 5.92 Å². The fourth-order valence-corrected chi connectivity index (χ4v) is 3.64. The molecule has 1 atom stereocenters. The maximum atomic E-state index is 12.5. The molecule has 1 aliphatic carbocycles. The number of hydrogen-bond donors (Lipinski definition) is 2. The Balaban J connectivity index is 1.77. The molecule has 1 saturated carbocycles. The van der Waals surface area contributed by atoms with E-state index in [0.717, 1.165) is 5.56 Å². The summed E-state index contributed by atoms with van der Waals surface area (Å²) < 4.78 is 1.70. The quantitative estimate of drug-likeness (QED) is 0.819. The lowest BCUT2D eigenvalue weighted by Gasteiger charge is -2.37. The molecule has 6 nitrogen and oxygen atoms in total. The highest BCUT2D eigenvalue weighted by Crippen LogP contribution is 2.38. The van der Waals surface area contributed by atoms with Crippen molar-refractivity contribution in [2.45, 2.75) is 31.9 Å². The Kier molecular flexibility index (Phi) is 4.32. The summed E-state index contributed by atoms with van der Waals surface area (Å²) in [5, 5.41) is 16.8. The zero-order valence-corrected chi connectivity index (χ0v) is 13.8. The number of aromatic nitrogens is 2. The zero-order chi connectivity index (χ0) is 16.6. The van der Waals surface area contributed by atoms with E-state index >= 15 is 0 Å². The van der Waals surface area contributed by atoms with Crippen LogP contribution in [0.4, 0.5) is 0 Å². The molecule has 23 heavy (non-hydrogen) atoms. The second-order valence-electron chi connectivity index (χ2n) is 6.00. The van der Waals surface area contributed by atoms with Crippen LogP contribution < -0.4 is 5.32 Å². The second-order valence-corrected chi connectivity index (χ2v) is 7.09. The van der Waals surface area contributed by atoms with Crippen LogP contribution in [0.3, 0.4) is 0 Å². The summed E-state index contributed by atoms with van der Waals surface area (Å²) in [6, 6.07) is 3.17. The molecule has 1 aliphatic rings. The molecule has 2 aromatic heterocycles. The molecule has 2 aromatic rings. The first kappa shape index (κ1) is 15.9. The normalized spacial score (nSPS) is 21.5. The topological polar surface area (TPSA) is 84.2 Å². The monoisotopic (exact) mass is 333 g/mol. The Hall–Kier alpha value is -1.99. The molecule has 7 heteroatoms. The second kappa shape index (κ2) is 6.25. The molecule has 0 bridgehead atoms. The Morgan fingerprint density at radius 2 is 2.09 bits per heavy atom. The smallest absolute Gasteiger partial charge is 0.261 e. The number of carbonyl (C=O) groups is 2. The van der Waals surface area contributed by atoms with Crippen LogP contribution in [-0.4, -0.2) is 32.7 Å². The minimum absolute atomic E-state index is 0.0417. The first-order chi connectivity index (χ1) is 10.9. The Morgan fingerprint density at radius 3 is 2.61 bits per heavy atom. The van der Waals surface area contributed by atoms with Crippen LogP contribution in [0.2, 0.25) is 0 Å². The maximum Gasteiger partial charge on any atom is 0.261 e. The van der Waals surface area contributed by atoms with Gasteiger partial charge in [0.05, 0.1) is 28.1 Å². The van der Waals surface area contributed by atoms with Crippen molar-refractivity contribution < 1.29 is 14.7 Å². The summed E-state index contributed by atoms with van der Waals surface area (Å²) >= 11 is 1.20. The summed E-state index contributed by atoms with van der Waals surface area (Å²) in [7, 11) is 1.83.